The highest BCUT2D eigenvalue weighted by Gasteiger charge is 2.43. The largest absolute Gasteiger partial charge is 0.496 e. The number of fused-ring (bicyclic) bond motifs is 2. The van der Waals surface area contributed by atoms with Crippen molar-refractivity contribution in [1.29, 1.82) is 0 Å². The van der Waals surface area contributed by atoms with Gasteiger partial charge in [-0.3, -0.25) is 0 Å². The van der Waals surface area contributed by atoms with E-state index in [9.17, 15) is 0 Å². The van der Waals surface area contributed by atoms with Gasteiger partial charge in [-0.15, -0.1) is 5.10 Å². The summed E-state index contributed by atoms with van der Waals surface area (Å²) >= 11 is 0. The summed E-state index contributed by atoms with van der Waals surface area (Å²) < 4.78 is 13.2. The predicted molar refractivity (Wildman–Crippen MR) is 75.8 cm³/mol. The number of hydrogen-bond acceptors (Lipinski definition) is 6. The van der Waals surface area contributed by atoms with E-state index < -0.39 is 0 Å². The third-order valence-electron chi connectivity index (χ3n) is 4.38. The number of anilines is 1. The smallest absolute Gasteiger partial charge is 0.188 e. The van der Waals surface area contributed by atoms with Gasteiger partial charge in [0, 0.05) is 5.69 Å². The number of tetrazole rings is 1. The Hall–Kier alpha value is -2.15. The number of nitrogens with zero attached hydrogens (tertiary/aromatic N) is 4. The van der Waals surface area contributed by atoms with Crippen molar-refractivity contribution in [1.82, 2.24) is 20.2 Å². The van der Waals surface area contributed by atoms with Gasteiger partial charge in [0.15, 0.2) is 5.82 Å². The first kappa shape index (κ1) is 12.6. The van der Waals surface area contributed by atoms with Crippen LogP contribution >= 0.6 is 0 Å². The first-order chi connectivity index (χ1) is 10.3. The van der Waals surface area contributed by atoms with Crippen molar-refractivity contribution in [2.75, 3.05) is 12.8 Å². The van der Waals surface area contributed by atoms with Crippen LogP contribution in [0.1, 0.15) is 25.3 Å². The maximum Gasteiger partial charge on any atom is 0.188 e. The van der Waals surface area contributed by atoms with Gasteiger partial charge in [-0.25, -0.2) is 4.68 Å². The van der Waals surface area contributed by atoms with Crippen LogP contribution in [0.2, 0.25) is 0 Å². The Bertz CT molecular complexity index is 671. The first-order valence-electron chi connectivity index (χ1n) is 7.14. The molecule has 7 nitrogen and oxygen atoms in total. The molecule has 2 aliphatic rings. The molecule has 0 amide bonds. The number of aromatic nitrogens is 4. The van der Waals surface area contributed by atoms with Crippen molar-refractivity contribution >= 4 is 5.69 Å². The monoisotopic (exact) mass is 287 g/mol. The fourth-order valence-corrected chi connectivity index (χ4v) is 3.41. The predicted octanol–water partition coefficient (Wildman–Crippen LogP) is 1.42. The molecule has 0 spiro atoms. The maximum absolute atomic E-state index is 6.11. The van der Waals surface area contributed by atoms with Gasteiger partial charge in [-0.05, 0) is 41.8 Å². The summed E-state index contributed by atoms with van der Waals surface area (Å²) in [5, 5.41) is 12.2. The molecule has 3 unspecified atom stereocenters. The molecule has 2 aliphatic heterocycles. The molecular weight excluding hydrogens is 270 g/mol. The summed E-state index contributed by atoms with van der Waals surface area (Å²) in [5.74, 6) is 1.32. The highest BCUT2D eigenvalue weighted by atomic mass is 16.5. The summed E-state index contributed by atoms with van der Waals surface area (Å²) in [7, 11) is 1.62. The maximum atomic E-state index is 6.11. The molecule has 110 valence electrons. The van der Waals surface area contributed by atoms with Crippen molar-refractivity contribution in [3.8, 4) is 17.1 Å². The van der Waals surface area contributed by atoms with E-state index in [-0.39, 0.29) is 12.1 Å². The van der Waals surface area contributed by atoms with Crippen LogP contribution < -0.4 is 10.5 Å². The molecule has 1 aromatic carbocycles. The summed E-state index contributed by atoms with van der Waals surface area (Å²) in [6, 6.07) is 5.72. The zero-order chi connectivity index (χ0) is 14.4. The van der Waals surface area contributed by atoms with E-state index in [1.54, 1.807) is 7.11 Å². The molecule has 7 heteroatoms. The lowest BCUT2D eigenvalue weighted by Crippen LogP contribution is -2.23. The van der Waals surface area contributed by atoms with Crippen LogP contribution in [-0.2, 0) is 4.74 Å². The zero-order valence-electron chi connectivity index (χ0n) is 11.8. The molecular formula is C14H17N5O2. The second-order valence-corrected chi connectivity index (χ2v) is 5.55. The molecule has 4 rings (SSSR count). The number of ether oxygens (including phenoxy) is 2. The number of rotatable bonds is 3. The molecule has 3 heterocycles. The number of hydrogen-bond donors (Lipinski definition) is 1. The Morgan fingerprint density at radius 3 is 3.00 bits per heavy atom. The van der Waals surface area contributed by atoms with Crippen LogP contribution in [-0.4, -0.2) is 39.5 Å². The molecule has 2 N–H and O–H groups in total. The molecule has 21 heavy (non-hydrogen) atoms. The third-order valence-corrected chi connectivity index (χ3v) is 4.38. The van der Waals surface area contributed by atoms with Gasteiger partial charge in [-0.1, -0.05) is 6.07 Å². The summed E-state index contributed by atoms with van der Waals surface area (Å²) in [4.78, 5) is 0. The van der Waals surface area contributed by atoms with Crippen LogP contribution in [0.15, 0.2) is 18.2 Å². The summed E-state index contributed by atoms with van der Waals surface area (Å²) in [5.41, 5.74) is 7.46. The molecule has 2 aromatic rings. The lowest BCUT2D eigenvalue weighted by atomic mass is 9.95. The van der Waals surface area contributed by atoms with E-state index in [1.807, 2.05) is 22.9 Å². The molecule has 0 aliphatic carbocycles. The van der Waals surface area contributed by atoms with Gasteiger partial charge < -0.3 is 15.2 Å². The topological polar surface area (TPSA) is 88.1 Å². The van der Waals surface area contributed by atoms with Crippen molar-refractivity contribution < 1.29 is 9.47 Å². The summed E-state index contributed by atoms with van der Waals surface area (Å²) in [6.45, 7) is 0. The Kier molecular flexibility index (Phi) is 2.81. The van der Waals surface area contributed by atoms with Crippen LogP contribution in [0.25, 0.3) is 11.4 Å². The number of methoxy groups -OCH3 is 1. The quantitative estimate of drug-likeness (QED) is 0.859. The molecule has 3 atom stereocenters. The van der Waals surface area contributed by atoms with Crippen molar-refractivity contribution in [2.45, 2.75) is 37.5 Å². The molecule has 1 aromatic heterocycles. The average molecular weight is 287 g/mol. The van der Waals surface area contributed by atoms with Crippen molar-refractivity contribution in [2.24, 2.45) is 0 Å². The Morgan fingerprint density at radius 2 is 2.29 bits per heavy atom. The van der Waals surface area contributed by atoms with Crippen LogP contribution in [0, 0.1) is 0 Å². The van der Waals surface area contributed by atoms with Crippen molar-refractivity contribution in [3.05, 3.63) is 18.2 Å². The Labute approximate surface area is 122 Å². The molecule has 0 saturated carbocycles. The lowest BCUT2D eigenvalue weighted by molar-refractivity contribution is 0.0922. The van der Waals surface area contributed by atoms with E-state index in [4.69, 9.17) is 15.2 Å². The van der Waals surface area contributed by atoms with E-state index in [0.717, 1.165) is 24.8 Å². The number of nitrogens with two attached hydrogens (primary N) is 1. The minimum absolute atomic E-state index is 0.179. The fraction of sp³-hybridized carbons (Fsp3) is 0.500. The molecule has 2 fully saturated rings. The average Bonchev–Trinajstić information content (AvgIpc) is 3.22. The molecule has 2 bridgehead atoms. The van der Waals surface area contributed by atoms with Gasteiger partial charge in [0.2, 0.25) is 0 Å². The van der Waals surface area contributed by atoms with Crippen molar-refractivity contribution in [3.63, 3.8) is 0 Å². The van der Waals surface area contributed by atoms with Gasteiger partial charge in [0.25, 0.3) is 0 Å². The van der Waals surface area contributed by atoms with Gasteiger partial charge in [0.05, 0.1) is 30.9 Å². The highest BCUT2D eigenvalue weighted by Crippen LogP contribution is 2.43. The Morgan fingerprint density at radius 1 is 1.38 bits per heavy atom. The zero-order valence-corrected chi connectivity index (χ0v) is 11.8. The number of benzene rings is 1. The second-order valence-electron chi connectivity index (χ2n) is 5.55. The first-order valence-corrected chi connectivity index (χ1v) is 7.14. The van der Waals surface area contributed by atoms with Gasteiger partial charge in [0.1, 0.15) is 5.75 Å². The minimum Gasteiger partial charge on any atom is -0.496 e. The van der Waals surface area contributed by atoms with E-state index >= 15 is 0 Å². The van der Waals surface area contributed by atoms with Crippen LogP contribution in [0.5, 0.6) is 5.75 Å². The summed E-state index contributed by atoms with van der Waals surface area (Å²) in [6.07, 6.45) is 3.70. The van der Waals surface area contributed by atoms with E-state index in [2.05, 4.69) is 15.5 Å². The fourth-order valence-electron chi connectivity index (χ4n) is 3.41. The second kappa shape index (κ2) is 4.70. The molecule has 2 saturated heterocycles. The highest BCUT2D eigenvalue weighted by molar-refractivity contribution is 5.77. The van der Waals surface area contributed by atoms with Gasteiger partial charge >= 0.3 is 0 Å². The Balaban J connectivity index is 1.79. The van der Waals surface area contributed by atoms with E-state index in [1.165, 1.54) is 0 Å². The standard InChI is InChI=1S/C14H17N5O2/c1-20-12-4-2-3-9(15)13(12)14-16-17-18-19(14)10-7-8-5-6-11(10)21-8/h2-4,8,10-11H,5-7,15H2,1H3. The SMILES string of the molecule is COc1cccc(N)c1-c1nnnn1C1CC2CCC1O2. The third kappa shape index (κ3) is 1.88. The minimum atomic E-state index is 0.179. The lowest BCUT2D eigenvalue weighted by Gasteiger charge is -2.20. The van der Waals surface area contributed by atoms with Gasteiger partial charge in [-0.2, -0.15) is 0 Å². The number of nitrogen functional groups attached to an aromatic ring is 1. The normalized spacial score (nSPS) is 27.2. The molecule has 0 radical (unpaired) electrons. The van der Waals surface area contributed by atoms with Crippen LogP contribution in [0.3, 0.4) is 0 Å². The van der Waals surface area contributed by atoms with E-state index in [0.29, 0.717) is 23.4 Å². The van der Waals surface area contributed by atoms with Crippen LogP contribution in [0.4, 0.5) is 5.69 Å².